The number of thioether (sulfide) groups is 1. The van der Waals surface area contributed by atoms with E-state index in [1.54, 1.807) is 12.1 Å². The molecule has 0 bridgehead atoms. The first-order valence-corrected chi connectivity index (χ1v) is 8.24. The summed E-state index contributed by atoms with van der Waals surface area (Å²) in [5, 5.41) is 13.6. The number of halogens is 2. The quantitative estimate of drug-likeness (QED) is 0.811. The van der Waals surface area contributed by atoms with Crippen LogP contribution in [0.25, 0.3) is 0 Å². The average Bonchev–Trinajstić information content (AvgIpc) is 2.47. The normalized spacial score (nSPS) is 17.9. The maximum atomic E-state index is 12.0. The number of rotatable bonds is 7. The topological polar surface area (TPSA) is 41.5 Å². The van der Waals surface area contributed by atoms with Crippen LogP contribution in [0.5, 0.6) is 5.75 Å². The van der Waals surface area contributed by atoms with Crippen molar-refractivity contribution in [1.29, 1.82) is 0 Å². The minimum absolute atomic E-state index is 0.446. The molecule has 1 aromatic carbocycles. The summed E-state index contributed by atoms with van der Waals surface area (Å²) in [5.41, 5.74) is 0.444. The van der Waals surface area contributed by atoms with Crippen LogP contribution in [0.15, 0.2) is 24.3 Å². The second kappa shape index (κ2) is 7.96. The summed E-state index contributed by atoms with van der Waals surface area (Å²) in [6.07, 6.45) is -0.809. The van der Waals surface area contributed by atoms with Crippen LogP contribution in [0.3, 0.4) is 0 Å². The summed E-state index contributed by atoms with van der Waals surface area (Å²) in [6, 6.07) is 7.06. The first-order valence-electron chi connectivity index (χ1n) is 7.08. The Kier molecular flexibility index (Phi) is 6.26. The molecule has 0 unspecified atom stereocenters. The molecule has 1 aliphatic rings. The predicted molar refractivity (Wildman–Crippen MR) is 81.2 cm³/mol. The molecule has 0 aromatic heterocycles. The van der Waals surface area contributed by atoms with Crippen molar-refractivity contribution >= 4 is 11.8 Å². The molecule has 3 nitrogen and oxygen atoms in total. The van der Waals surface area contributed by atoms with Crippen molar-refractivity contribution in [2.45, 2.75) is 31.4 Å². The molecule has 0 saturated carbocycles. The van der Waals surface area contributed by atoms with Gasteiger partial charge in [-0.3, -0.25) is 0 Å². The standard InChI is InChI=1S/C15H21F2NO2S/c16-14(17)10-20-13-3-1-12(2-4-13)9-18-11-15(19)5-7-21-8-6-15/h1-4,14,18-19H,5-11H2. The van der Waals surface area contributed by atoms with Gasteiger partial charge in [0.05, 0.1) is 5.60 Å². The van der Waals surface area contributed by atoms with E-state index in [2.05, 4.69) is 5.32 Å². The lowest BCUT2D eigenvalue weighted by atomic mass is 9.97. The Morgan fingerprint density at radius 2 is 1.90 bits per heavy atom. The number of nitrogens with one attached hydrogen (secondary N) is 1. The second-order valence-corrected chi connectivity index (χ2v) is 6.51. The van der Waals surface area contributed by atoms with Crippen molar-refractivity contribution in [3.63, 3.8) is 0 Å². The Bertz CT molecular complexity index is 422. The molecule has 118 valence electrons. The van der Waals surface area contributed by atoms with E-state index in [4.69, 9.17) is 4.74 Å². The maximum absolute atomic E-state index is 12.0. The molecular formula is C15H21F2NO2S. The van der Waals surface area contributed by atoms with Crippen molar-refractivity contribution in [2.24, 2.45) is 0 Å². The average molecular weight is 317 g/mol. The van der Waals surface area contributed by atoms with E-state index >= 15 is 0 Å². The van der Waals surface area contributed by atoms with Crippen molar-refractivity contribution in [1.82, 2.24) is 5.32 Å². The van der Waals surface area contributed by atoms with E-state index in [1.807, 2.05) is 23.9 Å². The van der Waals surface area contributed by atoms with Gasteiger partial charge in [-0.25, -0.2) is 8.78 Å². The van der Waals surface area contributed by atoms with Gasteiger partial charge in [0.15, 0.2) is 0 Å². The lowest BCUT2D eigenvalue weighted by Crippen LogP contribution is -2.43. The second-order valence-electron chi connectivity index (χ2n) is 5.29. The van der Waals surface area contributed by atoms with E-state index < -0.39 is 18.6 Å². The molecule has 1 fully saturated rings. The van der Waals surface area contributed by atoms with Gasteiger partial charge in [-0.15, -0.1) is 0 Å². The fraction of sp³-hybridized carbons (Fsp3) is 0.600. The lowest BCUT2D eigenvalue weighted by Gasteiger charge is -2.32. The summed E-state index contributed by atoms with van der Waals surface area (Å²) in [5.74, 6) is 2.46. The van der Waals surface area contributed by atoms with Gasteiger partial charge < -0.3 is 15.2 Å². The molecule has 0 aliphatic carbocycles. The van der Waals surface area contributed by atoms with Crippen LogP contribution in [0.1, 0.15) is 18.4 Å². The zero-order valence-corrected chi connectivity index (χ0v) is 12.7. The van der Waals surface area contributed by atoms with Gasteiger partial charge in [-0.1, -0.05) is 12.1 Å². The Morgan fingerprint density at radius 1 is 1.24 bits per heavy atom. The Labute approximate surface area is 128 Å². The Hall–Kier alpha value is -0.850. The summed E-state index contributed by atoms with van der Waals surface area (Å²) < 4.78 is 29.0. The fourth-order valence-corrected chi connectivity index (χ4v) is 3.48. The molecule has 1 heterocycles. The molecule has 0 radical (unpaired) electrons. The third kappa shape index (κ3) is 5.80. The predicted octanol–water partition coefficient (Wildman–Crippen LogP) is 2.68. The van der Waals surface area contributed by atoms with Gasteiger partial charge in [0, 0.05) is 13.1 Å². The third-order valence-corrected chi connectivity index (χ3v) is 4.49. The van der Waals surface area contributed by atoms with Gasteiger partial charge in [0.2, 0.25) is 0 Å². The van der Waals surface area contributed by atoms with E-state index in [0.717, 1.165) is 29.9 Å². The van der Waals surface area contributed by atoms with E-state index in [9.17, 15) is 13.9 Å². The van der Waals surface area contributed by atoms with E-state index in [0.29, 0.717) is 18.8 Å². The zero-order valence-electron chi connectivity index (χ0n) is 11.9. The van der Waals surface area contributed by atoms with E-state index in [-0.39, 0.29) is 0 Å². The summed E-state index contributed by atoms with van der Waals surface area (Å²) in [7, 11) is 0. The molecule has 2 rings (SSSR count). The van der Waals surface area contributed by atoms with Crippen molar-refractivity contribution in [3.05, 3.63) is 29.8 Å². The minimum Gasteiger partial charge on any atom is -0.488 e. The summed E-state index contributed by atoms with van der Waals surface area (Å²) >= 11 is 1.88. The molecular weight excluding hydrogens is 296 g/mol. The van der Waals surface area contributed by atoms with Crippen LogP contribution >= 0.6 is 11.8 Å². The third-order valence-electron chi connectivity index (χ3n) is 3.51. The highest BCUT2D eigenvalue weighted by molar-refractivity contribution is 7.99. The highest BCUT2D eigenvalue weighted by atomic mass is 32.2. The van der Waals surface area contributed by atoms with Crippen LogP contribution in [0.4, 0.5) is 8.78 Å². The number of aliphatic hydroxyl groups is 1. The number of alkyl halides is 2. The first-order chi connectivity index (χ1) is 10.1. The first kappa shape index (κ1) is 16.5. The van der Waals surface area contributed by atoms with Gasteiger partial charge in [0.25, 0.3) is 6.43 Å². The van der Waals surface area contributed by atoms with Crippen LogP contribution in [0, 0.1) is 0 Å². The van der Waals surface area contributed by atoms with Crippen LogP contribution < -0.4 is 10.1 Å². The molecule has 2 N–H and O–H groups in total. The largest absolute Gasteiger partial charge is 0.488 e. The molecule has 1 aromatic rings. The molecule has 1 aliphatic heterocycles. The zero-order chi connectivity index (χ0) is 15.1. The number of benzene rings is 1. The number of hydrogen-bond donors (Lipinski definition) is 2. The van der Waals surface area contributed by atoms with Gasteiger partial charge in [0.1, 0.15) is 12.4 Å². The molecule has 21 heavy (non-hydrogen) atoms. The van der Waals surface area contributed by atoms with Crippen molar-refractivity contribution < 1.29 is 18.6 Å². The summed E-state index contributed by atoms with van der Waals surface area (Å²) in [4.78, 5) is 0. The summed E-state index contributed by atoms with van der Waals surface area (Å²) in [6.45, 7) is 0.643. The maximum Gasteiger partial charge on any atom is 0.272 e. The van der Waals surface area contributed by atoms with Gasteiger partial charge >= 0.3 is 0 Å². The molecule has 6 heteroatoms. The van der Waals surface area contributed by atoms with Gasteiger partial charge in [-0.2, -0.15) is 11.8 Å². The van der Waals surface area contributed by atoms with Crippen LogP contribution in [-0.4, -0.2) is 41.8 Å². The van der Waals surface area contributed by atoms with Crippen molar-refractivity contribution in [3.8, 4) is 5.75 Å². The number of hydrogen-bond acceptors (Lipinski definition) is 4. The Morgan fingerprint density at radius 3 is 2.52 bits per heavy atom. The van der Waals surface area contributed by atoms with Crippen LogP contribution in [0.2, 0.25) is 0 Å². The fourth-order valence-electron chi connectivity index (χ4n) is 2.23. The van der Waals surface area contributed by atoms with E-state index in [1.165, 1.54) is 0 Å². The molecule has 0 amide bonds. The molecule has 0 spiro atoms. The SMILES string of the molecule is OC1(CNCc2ccc(OCC(F)F)cc2)CCSCC1. The Balaban J connectivity index is 1.73. The molecule has 1 saturated heterocycles. The van der Waals surface area contributed by atoms with Crippen molar-refractivity contribution in [2.75, 3.05) is 24.7 Å². The monoisotopic (exact) mass is 317 g/mol. The minimum atomic E-state index is -2.46. The van der Waals surface area contributed by atoms with Crippen LogP contribution in [-0.2, 0) is 6.54 Å². The highest BCUT2D eigenvalue weighted by Crippen LogP contribution is 2.26. The lowest BCUT2D eigenvalue weighted by molar-refractivity contribution is 0.0320. The number of ether oxygens (including phenoxy) is 1. The van der Waals surface area contributed by atoms with Gasteiger partial charge in [-0.05, 0) is 42.0 Å². The molecule has 0 atom stereocenters. The highest BCUT2D eigenvalue weighted by Gasteiger charge is 2.28. The smallest absolute Gasteiger partial charge is 0.272 e.